The molecule has 0 heterocycles. The Balaban J connectivity index is 2.16. The highest BCUT2D eigenvalue weighted by atomic mass is 32.2. The number of benzene rings is 2. The number of hydrogen-bond acceptors (Lipinski definition) is 5. The fraction of sp³-hybridized carbons (Fsp3) is 0.300. The molecule has 0 saturated heterocycles. The number of aryl methyl sites for hydroxylation is 1. The van der Waals surface area contributed by atoms with Crippen LogP contribution in [0.25, 0.3) is 0 Å². The van der Waals surface area contributed by atoms with Crippen molar-refractivity contribution in [2.45, 2.75) is 20.3 Å². The summed E-state index contributed by atoms with van der Waals surface area (Å²) in [5, 5.41) is 2.62. The highest BCUT2D eigenvalue weighted by Crippen LogP contribution is 2.19. The lowest BCUT2D eigenvalue weighted by Gasteiger charge is -2.22. The first-order chi connectivity index (χ1) is 13.2. The van der Waals surface area contributed by atoms with Gasteiger partial charge in [-0.2, -0.15) is 0 Å². The van der Waals surface area contributed by atoms with Crippen LogP contribution in [0.5, 0.6) is 0 Å². The minimum atomic E-state index is -3.66. The normalized spacial score (nSPS) is 11.0. The van der Waals surface area contributed by atoms with E-state index in [-0.39, 0.29) is 13.2 Å². The lowest BCUT2D eigenvalue weighted by Crippen LogP contribution is -2.37. The zero-order valence-electron chi connectivity index (χ0n) is 16.1. The number of sulfonamides is 1. The molecule has 0 saturated carbocycles. The molecule has 0 atom stereocenters. The van der Waals surface area contributed by atoms with E-state index in [1.54, 1.807) is 37.3 Å². The number of hydrogen-bond donors (Lipinski definition) is 1. The first kappa shape index (κ1) is 21.4. The molecule has 0 aliphatic rings. The molecule has 0 fully saturated rings. The minimum Gasteiger partial charge on any atom is -0.462 e. The molecule has 0 aliphatic carbocycles. The van der Waals surface area contributed by atoms with Crippen LogP contribution in [-0.2, 0) is 26.0 Å². The molecule has 2 rings (SSSR count). The highest BCUT2D eigenvalue weighted by molar-refractivity contribution is 7.92. The van der Waals surface area contributed by atoms with Gasteiger partial charge in [-0.1, -0.05) is 25.1 Å². The summed E-state index contributed by atoms with van der Waals surface area (Å²) < 4.78 is 30.3. The van der Waals surface area contributed by atoms with Crippen molar-refractivity contribution in [2.75, 3.05) is 29.0 Å². The van der Waals surface area contributed by atoms with E-state index in [0.717, 1.165) is 22.5 Å². The molecule has 7 nitrogen and oxygen atoms in total. The predicted octanol–water partition coefficient (Wildman–Crippen LogP) is 2.83. The van der Waals surface area contributed by atoms with Crippen molar-refractivity contribution in [3.05, 3.63) is 59.7 Å². The van der Waals surface area contributed by atoms with Gasteiger partial charge in [0.15, 0.2) is 0 Å². The first-order valence-corrected chi connectivity index (χ1v) is 10.7. The van der Waals surface area contributed by atoms with Gasteiger partial charge in [-0.05, 0) is 49.2 Å². The van der Waals surface area contributed by atoms with Crippen molar-refractivity contribution >= 4 is 33.3 Å². The lowest BCUT2D eigenvalue weighted by atomic mass is 10.1. The van der Waals surface area contributed by atoms with E-state index in [2.05, 4.69) is 5.32 Å². The van der Waals surface area contributed by atoms with Crippen molar-refractivity contribution in [2.24, 2.45) is 0 Å². The van der Waals surface area contributed by atoms with E-state index in [1.165, 1.54) is 6.07 Å². The number of esters is 1. The average molecular weight is 404 g/mol. The predicted molar refractivity (Wildman–Crippen MR) is 109 cm³/mol. The standard InChI is InChI=1S/C20H24N2O5S/c1-4-15-9-11-18(12-10-15)22(28(3,25)26)14-19(23)21-17-8-6-7-16(13-17)20(24)27-5-2/h6-13H,4-5,14H2,1-3H3,(H,21,23). The van der Waals surface area contributed by atoms with Crippen molar-refractivity contribution in [1.29, 1.82) is 0 Å². The number of rotatable bonds is 8. The van der Waals surface area contributed by atoms with Crippen LogP contribution in [0.4, 0.5) is 11.4 Å². The molecule has 1 amide bonds. The van der Waals surface area contributed by atoms with Crippen LogP contribution in [-0.4, -0.2) is 39.7 Å². The minimum absolute atomic E-state index is 0.246. The quantitative estimate of drug-likeness (QED) is 0.683. The Kier molecular flexibility index (Phi) is 7.17. The van der Waals surface area contributed by atoms with E-state index in [9.17, 15) is 18.0 Å². The number of carbonyl (C=O) groups excluding carboxylic acids is 2. The highest BCUT2D eigenvalue weighted by Gasteiger charge is 2.21. The molecule has 2 aromatic carbocycles. The number of ether oxygens (including phenoxy) is 1. The lowest BCUT2D eigenvalue weighted by molar-refractivity contribution is -0.114. The van der Waals surface area contributed by atoms with Gasteiger partial charge in [0, 0.05) is 5.69 Å². The third-order valence-corrected chi connectivity index (χ3v) is 5.12. The molecule has 0 unspecified atom stereocenters. The molecule has 8 heteroatoms. The summed E-state index contributed by atoms with van der Waals surface area (Å²) in [7, 11) is -3.66. The van der Waals surface area contributed by atoms with Crippen LogP contribution in [0.2, 0.25) is 0 Å². The van der Waals surface area contributed by atoms with Gasteiger partial charge in [0.05, 0.1) is 24.1 Å². The van der Waals surface area contributed by atoms with E-state index < -0.39 is 21.9 Å². The van der Waals surface area contributed by atoms with Crippen molar-refractivity contribution < 1.29 is 22.7 Å². The maximum atomic E-state index is 12.4. The second-order valence-electron chi connectivity index (χ2n) is 6.14. The number of amides is 1. The fourth-order valence-corrected chi connectivity index (χ4v) is 3.42. The Morgan fingerprint density at radius 3 is 2.32 bits per heavy atom. The van der Waals surface area contributed by atoms with Crippen LogP contribution in [0.15, 0.2) is 48.5 Å². The van der Waals surface area contributed by atoms with Gasteiger partial charge in [0.25, 0.3) is 0 Å². The third kappa shape index (κ3) is 5.82. The Labute approximate surface area is 165 Å². The van der Waals surface area contributed by atoms with Gasteiger partial charge in [-0.15, -0.1) is 0 Å². The molecule has 0 bridgehead atoms. The van der Waals surface area contributed by atoms with Crippen LogP contribution < -0.4 is 9.62 Å². The molecular formula is C20H24N2O5S. The SMILES string of the molecule is CCOC(=O)c1cccc(NC(=O)CN(c2ccc(CC)cc2)S(C)(=O)=O)c1. The van der Waals surface area contributed by atoms with Crippen molar-refractivity contribution in [1.82, 2.24) is 0 Å². The van der Waals surface area contributed by atoms with E-state index in [0.29, 0.717) is 16.9 Å². The van der Waals surface area contributed by atoms with Crippen LogP contribution >= 0.6 is 0 Å². The molecule has 0 aliphatic heterocycles. The fourth-order valence-electron chi connectivity index (χ4n) is 2.57. The maximum Gasteiger partial charge on any atom is 0.338 e. The summed E-state index contributed by atoms with van der Waals surface area (Å²) in [5.74, 6) is -1.02. The van der Waals surface area contributed by atoms with Gasteiger partial charge in [0.2, 0.25) is 15.9 Å². The molecule has 0 spiro atoms. The number of anilines is 2. The van der Waals surface area contributed by atoms with Crippen LogP contribution in [0.3, 0.4) is 0 Å². The monoisotopic (exact) mass is 404 g/mol. The average Bonchev–Trinajstić information content (AvgIpc) is 2.66. The van der Waals surface area contributed by atoms with Crippen LogP contribution in [0, 0.1) is 0 Å². The first-order valence-electron chi connectivity index (χ1n) is 8.88. The number of nitrogens with zero attached hydrogens (tertiary/aromatic N) is 1. The van der Waals surface area contributed by atoms with Gasteiger partial charge in [-0.3, -0.25) is 9.10 Å². The zero-order chi connectivity index (χ0) is 20.7. The number of nitrogens with one attached hydrogen (secondary N) is 1. The van der Waals surface area contributed by atoms with Crippen molar-refractivity contribution in [3.8, 4) is 0 Å². The van der Waals surface area contributed by atoms with Gasteiger partial charge in [-0.25, -0.2) is 13.2 Å². The maximum absolute atomic E-state index is 12.4. The molecule has 2 aromatic rings. The van der Waals surface area contributed by atoms with Crippen LogP contribution in [0.1, 0.15) is 29.8 Å². The molecule has 1 N–H and O–H groups in total. The summed E-state index contributed by atoms with van der Waals surface area (Å²) in [6.07, 6.45) is 1.88. The zero-order valence-corrected chi connectivity index (χ0v) is 17.0. The second kappa shape index (κ2) is 9.36. The molecular weight excluding hydrogens is 380 g/mol. The van der Waals surface area contributed by atoms with Gasteiger partial charge >= 0.3 is 5.97 Å². The Bertz CT molecular complexity index is 939. The molecule has 0 aromatic heterocycles. The topological polar surface area (TPSA) is 92.8 Å². The second-order valence-corrected chi connectivity index (χ2v) is 8.05. The van der Waals surface area contributed by atoms with E-state index >= 15 is 0 Å². The smallest absolute Gasteiger partial charge is 0.338 e. The number of carbonyl (C=O) groups is 2. The summed E-state index contributed by atoms with van der Waals surface area (Å²) in [6.45, 7) is 3.57. The van der Waals surface area contributed by atoms with Gasteiger partial charge < -0.3 is 10.1 Å². The summed E-state index contributed by atoms with van der Waals surface area (Å²) in [5.41, 5.74) is 2.16. The summed E-state index contributed by atoms with van der Waals surface area (Å²) >= 11 is 0. The third-order valence-electron chi connectivity index (χ3n) is 3.98. The summed E-state index contributed by atoms with van der Waals surface area (Å²) in [4.78, 5) is 24.2. The summed E-state index contributed by atoms with van der Waals surface area (Å²) in [6, 6.07) is 13.3. The van der Waals surface area contributed by atoms with E-state index in [1.807, 2.05) is 19.1 Å². The molecule has 28 heavy (non-hydrogen) atoms. The Morgan fingerprint density at radius 2 is 1.75 bits per heavy atom. The largest absolute Gasteiger partial charge is 0.462 e. The molecule has 0 radical (unpaired) electrons. The van der Waals surface area contributed by atoms with Crippen molar-refractivity contribution in [3.63, 3.8) is 0 Å². The molecule has 150 valence electrons. The van der Waals surface area contributed by atoms with Gasteiger partial charge in [0.1, 0.15) is 6.54 Å². The Morgan fingerprint density at radius 1 is 1.07 bits per heavy atom. The van der Waals surface area contributed by atoms with E-state index in [4.69, 9.17) is 4.74 Å². The Hall–Kier alpha value is -2.87.